The fourth-order valence-corrected chi connectivity index (χ4v) is 8.57. The van der Waals surface area contributed by atoms with Gasteiger partial charge >= 0.3 is 0 Å². The highest BCUT2D eigenvalue weighted by molar-refractivity contribution is 6.05. The molecule has 2 aromatic carbocycles. The van der Waals surface area contributed by atoms with Crippen LogP contribution in [0.25, 0.3) is 21.8 Å². The smallest absolute Gasteiger partial charge is 0.272 e. The summed E-state index contributed by atoms with van der Waals surface area (Å²) >= 11 is 0. The molecule has 4 saturated heterocycles. The zero-order valence-electron chi connectivity index (χ0n) is 28.4. The van der Waals surface area contributed by atoms with E-state index >= 15 is 0 Å². The van der Waals surface area contributed by atoms with Crippen LogP contribution in [0.5, 0.6) is 0 Å². The lowest BCUT2D eigenvalue weighted by Gasteiger charge is -2.37. The first-order valence-corrected chi connectivity index (χ1v) is 17.7. The zero-order valence-corrected chi connectivity index (χ0v) is 28.4. The lowest BCUT2D eigenvalue weighted by Crippen LogP contribution is -2.53. The number of fused-ring (bicyclic) bond motifs is 6. The topological polar surface area (TPSA) is 109 Å². The van der Waals surface area contributed by atoms with Crippen LogP contribution in [-0.2, 0) is 0 Å². The molecule has 0 spiro atoms. The number of piperidine rings is 2. The van der Waals surface area contributed by atoms with E-state index in [2.05, 4.69) is 65.8 Å². The van der Waals surface area contributed by atoms with Crippen molar-refractivity contribution < 1.29 is 9.59 Å². The van der Waals surface area contributed by atoms with Crippen LogP contribution in [0.1, 0.15) is 112 Å². The Hall–Kier alpha value is -3.76. The van der Waals surface area contributed by atoms with E-state index in [4.69, 9.17) is 0 Å². The van der Waals surface area contributed by atoms with Gasteiger partial charge in [0.15, 0.2) is 11.4 Å². The average Bonchev–Trinajstić information content (AvgIpc) is 3.79. The molecule has 4 fully saturated rings. The molecule has 2 amide bonds. The first kappa shape index (κ1) is 31.8. The zero-order chi connectivity index (χ0) is 32.8. The molecule has 10 heteroatoms. The minimum Gasteiger partial charge on any atom is -0.348 e. The van der Waals surface area contributed by atoms with Crippen molar-refractivity contribution in [2.75, 3.05) is 7.05 Å². The Morgan fingerprint density at radius 2 is 1.23 bits per heavy atom. The molecular weight excluding hydrogens is 588 g/mol. The summed E-state index contributed by atoms with van der Waals surface area (Å²) in [7, 11) is 2.20. The Labute approximate surface area is 277 Å². The van der Waals surface area contributed by atoms with Gasteiger partial charge in [0.2, 0.25) is 0 Å². The Bertz CT molecular complexity index is 1750. The first-order valence-electron chi connectivity index (χ1n) is 17.7. The number of amides is 2. The highest BCUT2D eigenvalue weighted by atomic mass is 16.2. The van der Waals surface area contributed by atoms with E-state index in [0.29, 0.717) is 35.6 Å². The van der Waals surface area contributed by atoms with E-state index in [1.165, 1.54) is 32.1 Å². The molecule has 0 saturated carbocycles. The number of hydrogen-bond acceptors (Lipinski definition) is 6. The molecule has 250 valence electrons. The van der Waals surface area contributed by atoms with Gasteiger partial charge in [0.25, 0.3) is 11.8 Å². The molecule has 3 unspecified atom stereocenters. The lowest BCUT2D eigenvalue weighted by molar-refractivity contribution is 0.0850. The number of benzene rings is 2. The van der Waals surface area contributed by atoms with Crippen LogP contribution in [0.3, 0.4) is 0 Å². The molecule has 47 heavy (non-hydrogen) atoms. The van der Waals surface area contributed by atoms with Crippen LogP contribution in [0.15, 0.2) is 48.5 Å². The molecule has 5 atom stereocenters. The van der Waals surface area contributed by atoms with Gasteiger partial charge < -0.3 is 16.0 Å². The number of nitrogens with one attached hydrogen (secondary N) is 3. The fraction of sp³-hybridized carbons (Fsp3) is 0.568. The van der Waals surface area contributed by atoms with Crippen molar-refractivity contribution in [3.8, 4) is 0 Å². The van der Waals surface area contributed by atoms with Crippen molar-refractivity contribution in [3.63, 3.8) is 0 Å². The van der Waals surface area contributed by atoms with Gasteiger partial charge in [0.05, 0.1) is 11.0 Å². The van der Waals surface area contributed by atoms with Gasteiger partial charge in [-0.2, -0.15) is 10.2 Å². The lowest BCUT2D eigenvalue weighted by atomic mass is 9.97. The normalized spacial score (nSPS) is 27.0. The molecule has 4 aliphatic heterocycles. The number of rotatable bonds is 6. The summed E-state index contributed by atoms with van der Waals surface area (Å²) in [6.45, 7) is 8.36. The molecule has 6 heterocycles. The second kappa shape index (κ2) is 13.0. The minimum absolute atomic E-state index is 0.0330. The van der Waals surface area contributed by atoms with Gasteiger partial charge in [-0.25, -0.2) is 0 Å². The van der Waals surface area contributed by atoms with Gasteiger partial charge in [0, 0.05) is 59.1 Å². The predicted octanol–water partition coefficient (Wildman–Crippen LogP) is 5.60. The summed E-state index contributed by atoms with van der Waals surface area (Å²) in [5.74, 6) is -0.0683. The summed E-state index contributed by atoms with van der Waals surface area (Å²) < 4.78 is 3.89. The monoisotopic (exact) mass is 638 g/mol. The van der Waals surface area contributed by atoms with Crippen molar-refractivity contribution in [1.29, 1.82) is 0 Å². The Morgan fingerprint density at radius 1 is 0.723 bits per heavy atom. The van der Waals surface area contributed by atoms with Gasteiger partial charge in [-0.05, 0) is 98.2 Å². The SMILES string of the molecule is CC(C)n1nc(C(=O)NC2CC3CCC(C2)N3)c2ccccc21.CC(C)n1nc(C(=O)NC2CC[C@H]3CC[C@@H]2N3C)c2ccccc21. The molecule has 4 aliphatic rings. The Kier molecular flexibility index (Phi) is 8.82. The maximum absolute atomic E-state index is 12.9. The van der Waals surface area contributed by atoms with Crippen LogP contribution in [-0.4, -0.2) is 79.6 Å². The van der Waals surface area contributed by atoms with E-state index in [9.17, 15) is 9.59 Å². The minimum atomic E-state index is -0.0353. The van der Waals surface area contributed by atoms with Gasteiger partial charge in [0.1, 0.15) is 0 Å². The average molecular weight is 639 g/mol. The standard InChI is InChI=1S/C19H26N4O.C18H24N4O/c1-12(2)23-16-7-5-4-6-14(16)18(21-23)19(24)20-15-10-8-13-9-11-17(15)22(13)3;1-11(2)22-16-6-4-3-5-15(16)17(21-22)18(23)20-14-9-12-7-8-13(10-14)19-12/h4-7,12-13,15,17H,8-11H2,1-3H3,(H,20,24);3-6,11-14,19H,7-10H2,1-2H3,(H,20,23)/t13-,15?,17-;/m0./s1. The maximum Gasteiger partial charge on any atom is 0.272 e. The van der Waals surface area contributed by atoms with Crippen LogP contribution >= 0.6 is 0 Å². The van der Waals surface area contributed by atoms with Gasteiger partial charge in [-0.3, -0.25) is 23.9 Å². The molecule has 0 aliphatic carbocycles. The fourth-order valence-electron chi connectivity index (χ4n) is 8.57. The molecule has 0 radical (unpaired) electrons. The van der Waals surface area contributed by atoms with E-state index in [1.54, 1.807) is 0 Å². The number of carbonyl (C=O) groups excluding carboxylic acids is 2. The van der Waals surface area contributed by atoms with Crippen molar-refractivity contribution in [2.24, 2.45) is 0 Å². The van der Waals surface area contributed by atoms with Crippen LogP contribution < -0.4 is 16.0 Å². The van der Waals surface area contributed by atoms with Crippen molar-refractivity contribution in [3.05, 3.63) is 59.9 Å². The second-order valence-corrected chi connectivity index (χ2v) is 14.7. The van der Waals surface area contributed by atoms with E-state index in [1.807, 2.05) is 57.9 Å². The van der Waals surface area contributed by atoms with E-state index < -0.39 is 0 Å². The number of carbonyl (C=O) groups is 2. The third-order valence-corrected chi connectivity index (χ3v) is 10.9. The summed E-state index contributed by atoms with van der Waals surface area (Å²) in [4.78, 5) is 28.2. The summed E-state index contributed by atoms with van der Waals surface area (Å²) in [6.07, 6.45) is 9.25. The van der Waals surface area contributed by atoms with Crippen molar-refractivity contribution in [1.82, 2.24) is 40.4 Å². The summed E-state index contributed by atoms with van der Waals surface area (Å²) in [6, 6.07) is 19.3. The third-order valence-electron chi connectivity index (χ3n) is 10.9. The summed E-state index contributed by atoms with van der Waals surface area (Å²) in [5, 5.41) is 21.2. The van der Waals surface area contributed by atoms with Crippen LogP contribution in [0.2, 0.25) is 0 Å². The largest absolute Gasteiger partial charge is 0.348 e. The van der Waals surface area contributed by atoms with Crippen LogP contribution in [0, 0.1) is 0 Å². The molecular formula is C37H50N8O2. The van der Waals surface area contributed by atoms with E-state index in [-0.39, 0.29) is 36.0 Å². The molecule has 3 N–H and O–H groups in total. The highest BCUT2D eigenvalue weighted by Gasteiger charge is 2.41. The van der Waals surface area contributed by atoms with Gasteiger partial charge in [-0.15, -0.1) is 0 Å². The van der Waals surface area contributed by atoms with E-state index in [0.717, 1.165) is 41.1 Å². The van der Waals surface area contributed by atoms with Gasteiger partial charge in [-0.1, -0.05) is 36.4 Å². The molecule has 2 aromatic heterocycles. The van der Waals surface area contributed by atoms with Crippen molar-refractivity contribution >= 4 is 33.6 Å². The molecule has 10 nitrogen and oxygen atoms in total. The molecule has 4 aromatic rings. The first-order chi connectivity index (χ1) is 22.7. The number of likely N-dealkylation sites (N-methyl/N-ethyl adjacent to an activating group) is 1. The number of para-hydroxylation sites is 2. The Morgan fingerprint density at radius 3 is 1.79 bits per heavy atom. The number of nitrogens with zero attached hydrogens (tertiary/aromatic N) is 5. The maximum atomic E-state index is 12.9. The number of hydrogen-bond donors (Lipinski definition) is 3. The predicted molar refractivity (Wildman–Crippen MR) is 186 cm³/mol. The molecule has 4 bridgehead atoms. The van der Waals surface area contributed by atoms with Crippen LogP contribution in [0.4, 0.5) is 0 Å². The number of aromatic nitrogens is 4. The second-order valence-electron chi connectivity index (χ2n) is 14.7. The third kappa shape index (κ3) is 6.18. The Balaban J connectivity index is 0.000000150. The quantitative estimate of drug-likeness (QED) is 0.254. The molecule has 8 rings (SSSR count). The highest BCUT2D eigenvalue weighted by Crippen LogP contribution is 2.35. The van der Waals surface area contributed by atoms with Crippen molar-refractivity contribution in [2.45, 2.75) is 127 Å². The summed E-state index contributed by atoms with van der Waals surface area (Å²) in [5.41, 5.74) is 3.17.